The number of rotatable bonds is 1. The minimum Gasteiger partial charge on any atom is -0.355 e. The van der Waals surface area contributed by atoms with E-state index >= 15 is 0 Å². The number of aromatic nitrogens is 1. The fraction of sp³-hybridized carbons (Fsp3) is 0.583. The standard InChI is InChI=1S/C12H16BrClN2/c1-8-3-4-16(7-9(8)2)12-11(14)5-10(13)6-15-12/h5-6,8-9H,3-4,7H2,1-2H3. The average Bonchev–Trinajstić information content (AvgIpc) is 2.22. The van der Waals surface area contributed by atoms with Crippen LogP contribution in [0.25, 0.3) is 0 Å². The molecule has 2 nitrogen and oxygen atoms in total. The molecular weight excluding hydrogens is 288 g/mol. The van der Waals surface area contributed by atoms with Gasteiger partial charge in [0, 0.05) is 23.8 Å². The van der Waals surface area contributed by atoms with Gasteiger partial charge in [-0.2, -0.15) is 0 Å². The lowest BCUT2D eigenvalue weighted by molar-refractivity contribution is 0.323. The first-order valence-electron chi connectivity index (χ1n) is 5.64. The summed E-state index contributed by atoms with van der Waals surface area (Å²) >= 11 is 9.59. The van der Waals surface area contributed by atoms with Crippen LogP contribution >= 0.6 is 27.5 Å². The molecule has 1 saturated heterocycles. The van der Waals surface area contributed by atoms with Crippen LogP contribution in [-0.4, -0.2) is 18.1 Å². The Morgan fingerprint density at radius 2 is 2.19 bits per heavy atom. The number of pyridine rings is 1. The summed E-state index contributed by atoms with van der Waals surface area (Å²) in [5.41, 5.74) is 0. The summed E-state index contributed by atoms with van der Waals surface area (Å²) in [7, 11) is 0. The van der Waals surface area contributed by atoms with E-state index in [0.717, 1.165) is 34.3 Å². The van der Waals surface area contributed by atoms with E-state index in [0.29, 0.717) is 5.92 Å². The van der Waals surface area contributed by atoms with Crippen molar-refractivity contribution in [2.24, 2.45) is 11.8 Å². The van der Waals surface area contributed by atoms with Crippen LogP contribution in [0.15, 0.2) is 16.7 Å². The first kappa shape index (κ1) is 12.2. The van der Waals surface area contributed by atoms with Crippen molar-refractivity contribution in [2.75, 3.05) is 18.0 Å². The zero-order valence-electron chi connectivity index (χ0n) is 9.58. The number of hydrogen-bond acceptors (Lipinski definition) is 2. The second kappa shape index (κ2) is 4.92. The van der Waals surface area contributed by atoms with Crippen LogP contribution in [0.4, 0.5) is 5.82 Å². The summed E-state index contributed by atoms with van der Waals surface area (Å²) in [5, 5.41) is 0.733. The molecule has 0 amide bonds. The maximum Gasteiger partial charge on any atom is 0.147 e. The van der Waals surface area contributed by atoms with Crippen molar-refractivity contribution in [1.29, 1.82) is 0 Å². The van der Waals surface area contributed by atoms with Crippen LogP contribution in [0.3, 0.4) is 0 Å². The Hall–Kier alpha value is -0.280. The van der Waals surface area contributed by atoms with Gasteiger partial charge in [-0.1, -0.05) is 25.4 Å². The number of halogens is 2. The third-order valence-electron chi connectivity index (χ3n) is 3.42. The van der Waals surface area contributed by atoms with Crippen LogP contribution < -0.4 is 4.90 Å². The second-order valence-corrected chi connectivity index (χ2v) is 5.97. The molecule has 0 aliphatic carbocycles. The quantitative estimate of drug-likeness (QED) is 0.780. The number of anilines is 1. The molecule has 1 aliphatic rings. The van der Waals surface area contributed by atoms with E-state index in [-0.39, 0.29) is 0 Å². The highest BCUT2D eigenvalue weighted by atomic mass is 79.9. The van der Waals surface area contributed by atoms with Gasteiger partial charge in [-0.15, -0.1) is 0 Å². The monoisotopic (exact) mass is 302 g/mol. The minimum atomic E-state index is 0.704. The van der Waals surface area contributed by atoms with E-state index < -0.39 is 0 Å². The predicted molar refractivity (Wildman–Crippen MR) is 72.1 cm³/mol. The molecule has 2 heterocycles. The van der Waals surface area contributed by atoms with Crippen LogP contribution in [0.5, 0.6) is 0 Å². The third kappa shape index (κ3) is 2.51. The molecule has 16 heavy (non-hydrogen) atoms. The highest BCUT2D eigenvalue weighted by molar-refractivity contribution is 9.10. The van der Waals surface area contributed by atoms with Crippen LogP contribution in [0.2, 0.25) is 5.02 Å². The fourth-order valence-electron chi connectivity index (χ4n) is 2.10. The zero-order valence-corrected chi connectivity index (χ0v) is 11.9. The van der Waals surface area contributed by atoms with E-state index in [2.05, 4.69) is 39.7 Å². The van der Waals surface area contributed by atoms with Gasteiger partial charge in [0.05, 0.1) is 5.02 Å². The zero-order chi connectivity index (χ0) is 11.7. The molecule has 2 unspecified atom stereocenters. The van der Waals surface area contributed by atoms with E-state index in [1.165, 1.54) is 6.42 Å². The van der Waals surface area contributed by atoms with Gasteiger partial charge >= 0.3 is 0 Å². The molecular formula is C12H16BrClN2. The normalized spacial score (nSPS) is 25.9. The Bertz CT molecular complexity index is 383. The van der Waals surface area contributed by atoms with Crippen molar-refractivity contribution in [1.82, 2.24) is 4.98 Å². The van der Waals surface area contributed by atoms with Gasteiger partial charge in [-0.3, -0.25) is 0 Å². The summed E-state index contributed by atoms with van der Waals surface area (Å²) in [6.45, 7) is 6.72. The molecule has 2 rings (SSSR count). The summed E-state index contributed by atoms with van der Waals surface area (Å²) < 4.78 is 0.930. The van der Waals surface area contributed by atoms with Crippen molar-refractivity contribution >= 4 is 33.3 Å². The first-order valence-corrected chi connectivity index (χ1v) is 6.81. The molecule has 1 aromatic rings. The number of hydrogen-bond donors (Lipinski definition) is 0. The highest BCUT2D eigenvalue weighted by Crippen LogP contribution is 2.31. The first-order chi connectivity index (χ1) is 7.58. The largest absolute Gasteiger partial charge is 0.355 e. The Balaban J connectivity index is 2.18. The van der Waals surface area contributed by atoms with Crippen molar-refractivity contribution in [3.8, 4) is 0 Å². The number of nitrogens with zero attached hydrogens (tertiary/aromatic N) is 2. The van der Waals surface area contributed by atoms with Crippen molar-refractivity contribution < 1.29 is 0 Å². The van der Waals surface area contributed by atoms with Gasteiger partial charge in [0.1, 0.15) is 5.82 Å². The van der Waals surface area contributed by atoms with Crippen LogP contribution in [0.1, 0.15) is 20.3 Å². The topological polar surface area (TPSA) is 16.1 Å². The van der Waals surface area contributed by atoms with E-state index in [1.54, 1.807) is 0 Å². The van der Waals surface area contributed by atoms with Crippen molar-refractivity contribution in [3.63, 3.8) is 0 Å². The molecule has 0 bridgehead atoms. The second-order valence-electron chi connectivity index (χ2n) is 4.65. The van der Waals surface area contributed by atoms with Crippen molar-refractivity contribution in [2.45, 2.75) is 20.3 Å². The van der Waals surface area contributed by atoms with Gasteiger partial charge in [0.2, 0.25) is 0 Å². The van der Waals surface area contributed by atoms with Crippen LogP contribution in [-0.2, 0) is 0 Å². The maximum atomic E-state index is 6.21. The molecule has 2 atom stereocenters. The number of piperidine rings is 1. The molecule has 1 aliphatic heterocycles. The van der Waals surface area contributed by atoms with Gasteiger partial charge in [-0.05, 0) is 40.3 Å². The molecule has 1 aromatic heterocycles. The SMILES string of the molecule is CC1CCN(c2ncc(Br)cc2Cl)CC1C. The lowest BCUT2D eigenvalue weighted by Gasteiger charge is -2.36. The van der Waals surface area contributed by atoms with Crippen molar-refractivity contribution in [3.05, 3.63) is 21.8 Å². The lowest BCUT2D eigenvalue weighted by atomic mass is 9.89. The Kier molecular flexibility index (Phi) is 3.75. The average molecular weight is 304 g/mol. The third-order valence-corrected chi connectivity index (χ3v) is 4.13. The molecule has 88 valence electrons. The molecule has 0 radical (unpaired) electrons. The van der Waals surface area contributed by atoms with E-state index in [1.807, 2.05) is 12.3 Å². The predicted octanol–water partition coefficient (Wildman–Crippen LogP) is 3.98. The Morgan fingerprint density at radius 1 is 1.44 bits per heavy atom. The fourth-order valence-corrected chi connectivity index (χ4v) is 2.84. The molecule has 0 N–H and O–H groups in total. The van der Waals surface area contributed by atoms with E-state index in [4.69, 9.17) is 11.6 Å². The van der Waals surface area contributed by atoms with Crippen LogP contribution in [0, 0.1) is 11.8 Å². The van der Waals surface area contributed by atoms with Gasteiger partial charge in [0.25, 0.3) is 0 Å². The highest BCUT2D eigenvalue weighted by Gasteiger charge is 2.24. The Morgan fingerprint density at radius 3 is 2.81 bits per heavy atom. The smallest absolute Gasteiger partial charge is 0.147 e. The summed E-state index contributed by atoms with van der Waals surface area (Å²) in [6.07, 6.45) is 3.03. The summed E-state index contributed by atoms with van der Waals surface area (Å²) in [4.78, 5) is 6.70. The maximum absolute atomic E-state index is 6.21. The molecule has 1 fully saturated rings. The molecule has 0 spiro atoms. The summed E-state index contributed by atoms with van der Waals surface area (Å²) in [6, 6.07) is 1.91. The molecule has 4 heteroatoms. The minimum absolute atomic E-state index is 0.704. The van der Waals surface area contributed by atoms with E-state index in [9.17, 15) is 0 Å². The summed E-state index contributed by atoms with van der Waals surface area (Å²) in [5.74, 6) is 2.42. The molecule has 0 saturated carbocycles. The van der Waals surface area contributed by atoms with Gasteiger partial charge < -0.3 is 4.90 Å². The molecule has 0 aromatic carbocycles. The lowest BCUT2D eigenvalue weighted by Crippen LogP contribution is -2.39. The van der Waals surface area contributed by atoms with Gasteiger partial charge in [-0.25, -0.2) is 4.98 Å². The Labute approximate surface area is 110 Å². The van der Waals surface area contributed by atoms with Gasteiger partial charge in [0.15, 0.2) is 0 Å².